The second kappa shape index (κ2) is 6.27. The van der Waals surface area contributed by atoms with Gasteiger partial charge >= 0.3 is 0 Å². The lowest BCUT2D eigenvalue weighted by Gasteiger charge is -2.13. The van der Waals surface area contributed by atoms with Crippen LogP contribution in [-0.4, -0.2) is 11.0 Å². The van der Waals surface area contributed by atoms with Gasteiger partial charge in [0.2, 0.25) is 0 Å². The molecule has 1 N–H and O–H groups in total. The zero-order valence-corrected chi connectivity index (χ0v) is 10.0. The van der Waals surface area contributed by atoms with E-state index in [4.69, 9.17) is 11.7 Å². The molecule has 0 heterocycles. The average molecular weight is 243 g/mol. The summed E-state index contributed by atoms with van der Waals surface area (Å²) in [4.78, 5) is 10.4. The lowest BCUT2D eigenvalue weighted by atomic mass is 10.1. The number of nitro benzene ring substituents is 1. The maximum atomic E-state index is 10.9. The van der Waals surface area contributed by atoms with Gasteiger partial charge in [-0.05, 0) is 18.6 Å². The zero-order valence-electron chi connectivity index (χ0n) is 10.0. The van der Waals surface area contributed by atoms with E-state index in [1.807, 2.05) is 13.0 Å². The largest absolute Gasteiger partial charge is 0.366 e. The molecule has 1 aromatic rings. The molecule has 5 heteroatoms. The van der Waals surface area contributed by atoms with Crippen molar-refractivity contribution >= 4 is 11.4 Å². The molecular weight excluding hydrogens is 230 g/mol. The third-order valence-corrected chi connectivity index (χ3v) is 2.43. The van der Waals surface area contributed by atoms with Crippen LogP contribution in [0.15, 0.2) is 18.2 Å². The van der Waals surface area contributed by atoms with Crippen LogP contribution in [0, 0.1) is 33.8 Å². The van der Waals surface area contributed by atoms with Crippen molar-refractivity contribution in [3.63, 3.8) is 0 Å². The van der Waals surface area contributed by atoms with Gasteiger partial charge in [0, 0.05) is 6.07 Å². The van der Waals surface area contributed by atoms with Crippen molar-refractivity contribution in [3.05, 3.63) is 33.9 Å². The van der Waals surface area contributed by atoms with Crippen molar-refractivity contribution in [2.24, 2.45) is 0 Å². The quantitative estimate of drug-likeness (QED) is 0.490. The van der Waals surface area contributed by atoms with Gasteiger partial charge in [-0.3, -0.25) is 10.1 Å². The Kier molecular flexibility index (Phi) is 4.71. The molecule has 1 rings (SSSR count). The van der Waals surface area contributed by atoms with Crippen molar-refractivity contribution in [2.75, 3.05) is 5.32 Å². The number of nitrogens with one attached hydrogen (secondary N) is 1. The summed E-state index contributed by atoms with van der Waals surface area (Å²) in [5, 5.41) is 22.6. The van der Waals surface area contributed by atoms with E-state index in [9.17, 15) is 10.1 Å². The van der Waals surface area contributed by atoms with E-state index < -0.39 is 4.92 Å². The molecule has 0 radical (unpaired) electrons. The zero-order chi connectivity index (χ0) is 13.5. The molecule has 0 spiro atoms. The fourth-order valence-corrected chi connectivity index (χ4v) is 1.55. The number of terminal acetylenes is 1. The number of rotatable bonds is 5. The van der Waals surface area contributed by atoms with Gasteiger partial charge in [-0.2, -0.15) is 5.26 Å². The summed E-state index contributed by atoms with van der Waals surface area (Å²) < 4.78 is 0. The molecule has 1 aromatic carbocycles. The Balaban J connectivity index is 3.06. The van der Waals surface area contributed by atoms with Crippen LogP contribution in [0.2, 0.25) is 0 Å². The molecule has 0 aliphatic carbocycles. The standard InChI is InChI=1S/C13H13N3O2/c1-3-5-11(4-2)15-12-7-6-10(9-14)8-13(12)16(17)18/h2,6-8,11,15H,3,5H2,1H3. The van der Waals surface area contributed by atoms with E-state index in [1.54, 1.807) is 0 Å². The molecule has 1 atom stereocenters. The van der Waals surface area contributed by atoms with Gasteiger partial charge in [-0.25, -0.2) is 0 Å². The predicted molar refractivity (Wildman–Crippen MR) is 69.0 cm³/mol. The molecule has 0 saturated carbocycles. The number of benzene rings is 1. The van der Waals surface area contributed by atoms with Crippen LogP contribution < -0.4 is 5.32 Å². The average Bonchev–Trinajstić information content (AvgIpc) is 2.38. The van der Waals surface area contributed by atoms with Crippen LogP contribution >= 0.6 is 0 Å². The minimum atomic E-state index is -0.525. The van der Waals surface area contributed by atoms with Crippen molar-refractivity contribution in [1.82, 2.24) is 0 Å². The number of nitro groups is 1. The fraction of sp³-hybridized carbons (Fsp3) is 0.308. The van der Waals surface area contributed by atoms with Crippen LogP contribution in [0.25, 0.3) is 0 Å². The van der Waals surface area contributed by atoms with E-state index in [0.717, 1.165) is 12.8 Å². The van der Waals surface area contributed by atoms with Gasteiger partial charge in [0.15, 0.2) is 0 Å². The Labute approximate surface area is 106 Å². The Morgan fingerprint density at radius 2 is 2.33 bits per heavy atom. The van der Waals surface area contributed by atoms with Gasteiger partial charge in [0.1, 0.15) is 5.69 Å². The first kappa shape index (κ1) is 13.5. The van der Waals surface area contributed by atoms with E-state index in [-0.39, 0.29) is 17.3 Å². The SMILES string of the molecule is C#CC(CCC)Nc1ccc(C#N)cc1[N+](=O)[O-]. The summed E-state index contributed by atoms with van der Waals surface area (Å²) in [6.45, 7) is 1.99. The molecule has 1 unspecified atom stereocenters. The molecule has 0 fully saturated rings. The minimum absolute atomic E-state index is 0.134. The number of hydrogen-bond donors (Lipinski definition) is 1. The van der Waals surface area contributed by atoms with Crippen LogP contribution in [0.3, 0.4) is 0 Å². The van der Waals surface area contributed by atoms with Crippen molar-refractivity contribution in [2.45, 2.75) is 25.8 Å². The highest BCUT2D eigenvalue weighted by Gasteiger charge is 2.16. The summed E-state index contributed by atoms with van der Waals surface area (Å²) in [5.74, 6) is 2.55. The number of nitriles is 1. The van der Waals surface area contributed by atoms with Crippen molar-refractivity contribution in [3.8, 4) is 18.4 Å². The molecule has 0 amide bonds. The topological polar surface area (TPSA) is 79.0 Å². The molecule has 0 aliphatic rings. The highest BCUT2D eigenvalue weighted by Crippen LogP contribution is 2.26. The second-order valence-corrected chi connectivity index (χ2v) is 3.75. The first-order chi connectivity index (χ1) is 8.62. The highest BCUT2D eigenvalue weighted by molar-refractivity contribution is 5.65. The van der Waals surface area contributed by atoms with Gasteiger partial charge in [-0.1, -0.05) is 19.3 Å². The minimum Gasteiger partial charge on any atom is -0.366 e. The molecule has 0 aliphatic heterocycles. The van der Waals surface area contributed by atoms with Gasteiger partial charge in [0.05, 0.1) is 22.6 Å². The first-order valence-electron chi connectivity index (χ1n) is 5.53. The Bertz CT molecular complexity index is 526. The van der Waals surface area contributed by atoms with Crippen molar-refractivity contribution < 1.29 is 4.92 Å². The van der Waals surface area contributed by atoms with Crippen LogP contribution in [0.5, 0.6) is 0 Å². The summed E-state index contributed by atoms with van der Waals surface area (Å²) in [6, 6.07) is 5.89. The monoisotopic (exact) mass is 243 g/mol. The first-order valence-corrected chi connectivity index (χ1v) is 5.53. The van der Waals surface area contributed by atoms with E-state index in [2.05, 4.69) is 11.2 Å². The van der Waals surface area contributed by atoms with Gasteiger partial charge in [-0.15, -0.1) is 6.42 Å². The predicted octanol–water partition coefficient (Wildman–Crippen LogP) is 2.68. The lowest BCUT2D eigenvalue weighted by Crippen LogP contribution is -2.17. The second-order valence-electron chi connectivity index (χ2n) is 3.75. The maximum absolute atomic E-state index is 10.9. The third-order valence-electron chi connectivity index (χ3n) is 2.43. The summed E-state index contributed by atoms with van der Waals surface area (Å²) >= 11 is 0. The molecule has 92 valence electrons. The van der Waals surface area contributed by atoms with Gasteiger partial charge in [0.25, 0.3) is 5.69 Å². The highest BCUT2D eigenvalue weighted by atomic mass is 16.6. The Hall–Kier alpha value is -2.53. The Morgan fingerprint density at radius 1 is 1.61 bits per heavy atom. The Morgan fingerprint density at radius 3 is 2.83 bits per heavy atom. The summed E-state index contributed by atoms with van der Waals surface area (Å²) in [7, 11) is 0. The molecule has 0 bridgehead atoms. The summed E-state index contributed by atoms with van der Waals surface area (Å²) in [6.07, 6.45) is 6.96. The normalized spacial score (nSPS) is 11.1. The maximum Gasteiger partial charge on any atom is 0.293 e. The van der Waals surface area contributed by atoms with Crippen LogP contribution in [-0.2, 0) is 0 Å². The number of hydrogen-bond acceptors (Lipinski definition) is 4. The third kappa shape index (κ3) is 3.23. The van der Waals surface area contributed by atoms with Crippen LogP contribution in [0.4, 0.5) is 11.4 Å². The summed E-state index contributed by atoms with van der Waals surface area (Å²) in [5.41, 5.74) is 0.459. The number of anilines is 1. The molecule has 18 heavy (non-hydrogen) atoms. The molecular formula is C13H13N3O2. The smallest absolute Gasteiger partial charge is 0.293 e. The van der Waals surface area contributed by atoms with E-state index in [0.29, 0.717) is 5.69 Å². The molecule has 5 nitrogen and oxygen atoms in total. The van der Waals surface area contributed by atoms with E-state index in [1.165, 1.54) is 18.2 Å². The fourth-order valence-electron chi connectivity index (χ4n) is 1.55. The number of nitrogens with zero attached hydrogens (tertiary/aromatic N) is 2. The van der Waals surface area contributed by atoms with Crippen LogP contribution in [0.1, 0.15) is 25.3 Å². The van der Waals surface area contributed by atoms with Crippen molar-refractivity contribution in [1.29, 1.82) is 5.26 Å². The molecule has 0 aromatic heterocycles. The van der Waals surface area contributed by atoms with Gasteiger partial charge < -0.3 is 5.32 Å². The molecule has 0 saturated heterocycles. The lowest BCUT2D eigenvalue weighted by molar-refractivity contribution is -0.384. The van der Waals surface area contributed by atoms with E-state index >= 15 is 0 Å².